The molecule has 0 aliphatic carbocycles. The van der Waals surface area contributed by atoms with Crippen LogP contribution in [0.2, 0.25) is 0 Å². The summed E-state index contributed by atoms with van der Waals surface area (Å²) >= 11 is 4.40. The molecule has 0 amide bonds. The topological polar surface area (TPSA) is 30.2 Å². The molecule has 3 aromatic rings. The van der Waals surface area contributed by atoms with Crippen LogP contribution in [0.15, 0.2) is 45.6 Å². The van der Waals surface area contributed by atoms with E-state index in [1.807, 2.05) is 30.3 Å². The van der Waals surface area contributed by atoms with Gasteiger partial charge in [0.2, 0.25) is 5.43 Å². The van der Waals surface area contributed by atoms with E-state index in [9.17, 15) is 4.79 Å². The van der Waals surface area contributed by atoms with Gasteiger partial charge in [-0.3, -0.25) is 4.79 Å². The molecule has 0 bridgehead atoms. The Bertz CT molecular complexity index is 790. The fourth-order valence-electron chi connectivity index (χ4n) is 1.85. The Balaban J connectivity index is 2.64. The molecular formula is C13H6I2O2. The van der Waals surface area contributed by atoms with Gasteiger partial charge in [-0.1, -0.05) is 12.1 Å². The van der Waals surface area contributed by atoms with E-state index in [1.165, 1.54) is 0 Å². The van der Waals surface area contributed by atoms with Crippen molar-refractivity contribution in [3.8, 4) is 0 Å². The van der Waals surface area contributed by atoms with E-state index in [2.05, 4.69) is 45.2 Å². The highest BCUT2D eigenvalue weighted by molar-refractivity contribution is 14.1. The van der Waals surface area contributed by atoms with Crippen LogP contribution in [-0.2, 0) is 0 Å². The van der Waals surface area contributed by atoms with Gasteiger partial charge in [0, 0.05) is 7.14 Å². The lowest BCUT2D eigenvalue weighted by Gasteiger charge is -2.03. The number of para-hydroxylation sites is 1. The average Bonchev–Trinajstić information content (AvgIpc) is 2.28. The van der Waals surface area contributed by atoms with Crippen molar-refractivity contribution >= 4 is 67.1 Å². The summed E-state index contributed by atoms with van der Waals surface area (Å²) in [5, 5.41) is 1.31. The third-order valence-corrected chi connectivity index (χ3v) is 4.07. The lowest BCUT2D eigenvalue weighted by Crippen LogP contribution is -2.04. The van der Waals surface area contributed by atoms with Crippen molar-refractivity contribution in [2.75, 3.05) is 0 Å². The monoisotopic (exact) mass is 448 g/mol. The van der Waals surface area contributed by atoms with E-state index < -0.39 is 0 Å². The van der Waals surface area contributed by atoms with Crippen LogP contribution >= 0.6 is 45.2 Å². The van der Waals surface area contributed by atoms with E-state index in [0.29, 0.717) is 21.9 Å². The van der Waals surface area contributed by atoms with Crippen LogP contribution in [0.1, 0.15) is 0 Å². The molecule has 0 aliphatic heterocycles. The molecule has 84 valence electrons. The van der Waals surface area contributed by atoms with Crippen LogP contribution in [0.5, 0.6) is 0 Å². The molecule has 0 atom stereocenters. The van der Waals surface area contributed by atoms with Gasteiger partial charge in [0.05, 0.1) is 10.8 Å². The lowest BCUT2D eigenvalue weighted by atomic mass is 10.1. The fourth-order valence-corrected chi connectivity index (χ4v) is 3.88. The smallest absolute Gasteiger partial charge is 0.201 e. The first kappa shape index (κ1) is 11.5. The van der Waals surface area contributed by atoms with E-state index in [-0.39, 0.29) is 5.43 Å². The van der Waals surface area contributed by atoms with E-state index >= 15 is 0 Å². The van der Waals surface area contributed by atoms with Crippen molar-refractivity contribution in [3.63, 3.8) is 0 Å². The van der Waals surface area contributed by atoms with E-state index in [4.69, 9.17) is 4.42 Å². The number of fused-ring (bicyclic) bond motifs is 2. The van der Waals surface area contributed by atoms with Crippen LogP contribution in [0, 0.1) is 7.14 Å². The molecule has 2 aromatic carbocycles. The van der Waals surface area contributed by atoms with Gasteiger partial charge in [0.25, 0.3) is 0 Å². The summed E-state index contributed by atoms with van der Waals surface area (Å²) in [5.41, 5.74) is 1.34. The number of benzene rings is 2. The summed E-state index contributed by atoms with van der Waals surface area (Å²) in [7, 11) is 0. The minimum atomic E-state index is 0.0441. The summed E-state index contributed by atoms with van der Waals surface area (Å²) in [4.78, 5) is 12.4. The van der Waals surface area contributed by atoms with Crippen LogP contribution in [0.25, 0.3) is 21.9 Å². The third kappa shape index (κ3) is 1.87. The van der Waals surface area contributed by atoms with Gasteiger partial charge >= 0.3 is 0 Å². The largest absolute Gasteiger partial charge is 0.456 e. The highest BCUT2D eigenvalue weighted by Crippen LogP contribution is 2.24. The molecule has 0 spiro atoms. The minimum absolute atomic E-state index is 0.0441. The first-order valence-electron chi connectivity index (χ1n) is 4.97. The molecule has 3 rings (SSSR count). The van der Waals surface area contributed by atoms with Crippen molar-refractivity contribution in [2.45, 2.75) is 0 Å². The molecule has 4 heteroatoms. The normalized spacial score (nSPS) is 11.2. The second-order valence-corrected chi connectivity index (χ2v) is 6.10. The molecule has 0 saturated carbocycles. The maximum atomic E-state index is 12.4. The van der Waals surface area contributed by atoms with Gasteiger partial charge in [-0.25, -0.2) is 0 Å². The second kappa shape index (κ2) is 4.24. The summed E-state index contributed by atoms with van der Waals surface area (Å²) in [5.74, 6) is 0. The van der Waals surface area contributed by atoms with Gasteiger partial charge in [-0.2, -0.15) is 0 Å². The summed E-state index contributed by atoms with van der Waals surface area (Å²) in [6.45, 7) is 0. The van der Waals surface area contributed by atoms with Gasteiger partial charge < -0.3 is 4.42 Å². The molecule has 17 heavy (non-hydrogen) atoms. The Morgan fingerprint density at radius 3 is 2.59 bits per heavy atom. The molecule has 2 nitrogen and oxygen atoms in total. The Morgan fingerprint density at radius 1 is 1.00 bits per heavy atom. The zero-order chi connectivity index (χ0) is 12.0. The highest BCUT2D eigenvalue weighted by atomic mass is 127. The average molecular weight is 448 g/mol. The molecule has 0 radical (unpaired) electrons. The lowest BCUT2D eigenvalue weighted by molar-refractivity contribution is 0.659. The Hall–Kier alpha value is -0.630. The van der Waals surface area contributed by atoms with Crippen molar-refractivity contribution < 1.29 is 4.42 Å². The molecule has 0 saturated heterocycles. The third-order valence-electron chi connectivity index (χ3n) is 2.60. The van der Waals surface area contributed by atoms with Gasteiger partial charge in [-0.05, 0) is 69.4 Å². The van der Waals surface area contributed by atoms with Gasteiger partial charge in [0.15, 0.2) is 0 Å². The number of rotatable bonds is 0. The van der Waals surface area contributed by atoms with Crippen molar-refractivity contribution in [2.24, 2.45) is 0 Å². The van der Waals surface area contributed by atoms with Gasteiger partial charge in [-0.15, -0.1) is 0 Å². The minimum Gasteiger partial charge on any atom is -0.456 e. The quantitative estimate of drug-likeness (QED) is 0.382. The zero-order valence-electron chi connectivity index (χ0n) is 8.54. The molecule has 1 heterocycles. The van der Waals surface area contributed by atoms with Crippen LogP contribution in [0.4, 0.5) is 0 Å². The Kier molecular flexibility index (Phi) is 2.86. The van der Waals surface area contributed by atoms with Crippen molar-refractivity contribution in [1.82, 2.24) is 0 Å². The molecule has 1 aromatic heterocycles. The SMILES string of the molecule is O=c1c2ccccc2oc2cc(I)cc(I)c12. The van der Waals surface area contributed by atoms with Crippen LogP contribution in [-0.4, -0.2) is 0 Å². The van der Waals surface area contributed by atoms with E-state index in [0.717, 1.165) is 7.14 Å². The maximum absolute atomic E-state index is 12.4. The number of hydrogen-bond acceptors (Lipinski definition) is 2. The molecule has 0 fully saturated rings. The molecule has 0 aliphatic rings. The predicted molar refractivity (Wildman–Crippen MR) is 85.4 cm³/mol. The van der Waals surface area contributed by atoms with Crippen molar-refractivity contribution in [3.05, 3.63) is 53.8 Å². The first-order chi connectivity index (χ1) is 8.16. The summed E-state index contributed by atoms with van der Waals surface area (Å²) in [6.07, 6.45) is 0. The summed E-state index contributed by atoms with van der Waals surface area (Å²) in [6, 6.07) is 11.2. The van der Waals surface area contributed by atoms with Gasteiger partial charge in [0.1, 0.15) is 11.2 Å². The number of hydrogen-bond donors (Lipinski definition) is 0. The first-order valence-corrected chi connectivity index (χ1v) is 7.13. The Labute approximate surface area is 124 Å². The Morgan fingerprint density at radius 2 is 1.76 bits per heavy atom. The number of halogens is 2. The highest BCUT2D eigenvalue weighted by Gasteiger charge is 2.10. The van der Waals surface area contributed by atoms with Crippen LogP contribution < -0.4 is 5.43 Å². The summed E-state index contributed by atoms with van der Waals surface area (Å²) < 4.78 is 7.78. The maximum Gasteiger partial charge on any atom is 0.201 e. The second-order valence-electron chi connectivity index (χ2n) is 3.69. The molecule has 0 N–H and O–H groups in total. The molecule has 0 unspecified atom stereocenters. The predicted octanol–water partition coefficient (Wildman–Crippen LogP) is 4.16. The zero-order valence-corrected chi connectivity index (χ0v) is 12.9. The standard InChI is InChI=1S/C13H6I2O2/c14-7-5-9(15)12-11(6-7)17-10-4-2-1-3-8(10)13(12)16/h1-6H. The molecular weight excluding hydrogens is 442 g/mol. The van der Waals surface area contributed by atoms with E-state index in [1.54, 1.807) is 6.07 Å². The fraction of sp³-hybridized carbons (Fsp3) is 0. The van der Waals surface area contributed by atoms with Crippen molar-refractivity contribution in [1.29, 1.82) is 0 Å². The van der Waals surface area contributed by atoms with Crippen LogP contribution in [0.3, 0.4) is 0 Å².